The number of esters is 2. The third kappa shape index (κ3) is 5.21. The predicted octanol–water partition coefficient (Wildman–Crippen LogP) is 2.90. The first kappa shape index (κ1) is 16.0. The zero-order valence-electron chi connectivity index (χ0n) is 12.2. The van der Waals surface area contributed by atoms with Crippen molar-refractivity contribution in [3.63, 3.8) is 0 Å². The molecule has 0 saturated heterocycles. The summed E-state index contributed by atoms with van der Waals surface area (Å²) in [5, 5.41) is 0. The molecule has 0 aliphatic heterocycles. The molecule has 1 atom stereocenters. The highest BCUT2D eigenvalue weighted by Crippen LogP contribution is 2.24. The molecule has 1 fully saturated rings. The molecule has 0 N–H and O–H groups in total. The average Bonchev–Trinajstić information content (AvgIpc) is 2.43. The van der Waals surface area contributed by atoms with Crippen LogP contribution in [-0.2, 0) is 19.1 Å². The van der Waals surface area contributed by atoms with Gasteiger partial charge in [-0.3, -0.25) is 9.59 Å². The summed E-state index contributed by atoms with van der Waals surface area (Å²) in [5.74, 6) is -0.502. The molecule has 1 radical (unpaired) electrons. The maximum absolute atomic E-state index is 11.7. The zero-order valence-corrected chi connectivity index (χ0v) is 12.2. The predicted molar refractivity (Wildman–Crippen MR) is 72.2 cm³/mol. The Morgan fingerprint density at radius 3 is 2.47 bits per heavy atom. The van der Waals surface area contributed by atoms with E-state index in [1.807, 2.05) is 27.2 Å². The first-order chi connectivity index (χ1) is 8.97. The Labute approximate surface area is 115 Å². The lowest BCUT2D eigenvalue weighted by molar-refractivity contribution is -0.160. The van der Waals surface area contributed by atoms with Crippen LogP contribution >= 0.6 is 0 Å². The highest BCUT2D eigenvalue weighted by atomic mass is 16.6. The van der Waals surface area contributed by atoms with Gasteiger partial charge in [-0.2, -0.15) is 0 Å². The van der Waals surface area contributed by atoms with Gasteiger partial charge in [-0.1, -0.05) is 19.8 Å². The second-order valence-corrected chi connectivity index (χ2v) is 5.67. The summed E-state index contributed by atoms with van der Waals surface area (Å²) >= 11 is 0. The first-order valence-electron chi connectivity index (χ1n) is 7.14. The Bertz CT molecular complexity index is 303. The summed E-state index contributed by atoms with van der Waals surface area (Å²) in [7, 11) is 0. The summed E-state index contributed by atoms with van der Waals surface area (Å²) < 4.78 is 10.2. The summed E-state index contributed by atoms with van der Waals surface area (Å²) in [6.45, 7) is 5.92. The molecular weight excluding hydrogens is 244 g/mol. The maximum atomic E-state index is 11.7. The second-order valence-electron chi connectivity index (χ2n) is 5.67. The lowest BCUT2D eigenvalue weighted by atomic mass is 9.89. The van der Waals surface area contributed by atoms with Crippen LogP contribution in [0.2, 0.25) is 0 Å². The molecule has 109 valence electrons. The minimum atomic E-state index is -0.471. The first-order valence-corrected chi connectivity index (χ1v) is 7.14. The summed E-state index contributed by atoms with van der Waals surface area (Å²) in [4.78, 5) is 23.4. The molecule has 4 nitrogen and oxygen atoms in total. The minimum Gasteiger partial charge on any atom is -0.462 e. The Balaban J connectivity index is 2.16. The standard InChI is InChI=1S/C15H25O4/c1-4-15(2,3)14(17)19-11-10-18-13(16)12-8-6-5-7-9-12/h8,12H,4-7,9-11H2,1-3H3. The molecule has 0 aromatic carbocycles. The summed E-state index contributed by atoms with van der Waals surface area (Å²) in [6.07, 6.45) is 6.85. The molecule has 19 heavy (non-hydrogen) atoms. The highest BCUT2D eigenvalue weighted by molar-refractivity contribution is 5.76. The minimum absolute atomic E-state index is 0.0727. The molecule has 0 bridgehead atoms. The number of carbonyl (C=O) groups is 2. The molecule has 0 amide bonds. The molecule has 1 aliphatic rings. The molecule has 1 rings (SSSR count). The van der Waals surface area contributed by atoms with Gasteiger partial charge in [0.05, 0.1) is 11.3 Å². The van der Waals surface area contributed by atoms with E-state index in [0.717, 1.165) is 32.1 Å². The van der Waals surface area contributed by atoms with Crippen LogP contribution < -0.4 is 0 Å². The van der Waals surface area contributed by atoms with Crippen molar-refractivity contribution in [3.05, 3.63) is 6.42 Å². The third-order valence-electron chi connectivity index (χ3n) is 3.72. The number of hydrogen-bond donors (Lipinski definition) is 0. The van der Waals surface area contributed by atoms with Crippen LogP contribution in [0.4, 0.5) is 0 Å². The van der Waals surface area contributed by atoms with Gasteiger partial charge in [0.1, 0.15) is 13.2 Å². The van der Waals surface area contributed by atoms with Crippen LogP contribution in [0.3, 0.4) is 0 Å². The van der Waals surface area contributed by atoms with E-state index in [-0.39, 0.29) is 31.1 Å². The quantitative estimate of drug-likeness (QED) is 0.549. The fraction of sp³-hybridized carbons (Fsp3) is 0.800. The fourth-order valence-electron chi connectivity index (χ4n) is 1.88. The topological polar surface area (TPSA) is 52.6 Å². The molecule has 4 heteroatoms. The number of carbonyl (C=O) groups excluding carboxylic acids is 2. The van der Waals surface area contributed by atoms with Gasteiger partial charge >= 0.3 is 11.9 Å². The van der Waals surface area contributed by atoms with Crippen LogP contribution in [-0.4, -0.2) is 25.2 Å². The average molecular weight is 269 g/mol. The fourth-order valence-corrected chi connectivity index (χ4v) is 1.88. The van der Waals surface area contributed by atoms with Crippen molar-refractivity contribution in [3.8, 4) is 0 Å². The Morgan fingerprint density at radius 1 is 1.21 bits per heavy atom. The van der Waals surface area contributed by atoms with Crippen LogP contribution in [0.15, 0.2) is 0 Å². The van der Waals surface area contributed by atoms with E-state index in [0.29, 0.717) is 0 Å². The summed E-state index contributed by atoms with van der Waals surface area (Å²) in [5.41, 5.74) is -0.471. The van der Waals surface area contributed by atoms with Crippen molar-refractivity contribution < 1.29 is 19.1 Å². The number of hydrogen-bond acceptors (Lipinski definition) is 4. The molecule has 0 aromatic rings. The molecule has 1 unspecified atom stereocenters. The van der Waals surface area contributed by atoms with E-state index in [1.165, 1.54) is 0 Å². The molecule has 1 saturated carbocycles. The largest absolute Gasteiger partial charge is 0.462 e. The van der Waals surface area contributed by atoms with Gasteiger partial charge in [0, 0.05) is 0 Å². The van der Waals surface area contributed by atoms with Crippen LogP contribution in [0.25, 0.3) is 0 Å². The van der Waals surface area contributed by atoms with E-state index in [2.05, 4.69) is 0 Å². The molecule has 1 aliphatic carbocycles. The lowest BCUT2D eigenvalue weighted by Crippen LogP contribution is -2.28. The number of rotatable bonds is 6. The Morgan fingerprint density at radius 2 is 1.89 bits per heavy atom. The third-order valence-corrected chi connectivity index (χ3v) is 3.72. The SMILES string of the molecule is CCC(C)(C)C(=O)OCCOC(=O)C1[CH]CCCC1. The Kier molecular flexibility index (Phi) is 6.32. The number of ether oxygens (including phenoxy) is 2. The van der Waals surface area contributed by atoms with Crippen molar-refractivity contribution in [1.29, 1.82) is 0 Å². The molecule has 0 aromatic heterocycles. The molecule has 0 heterocycles. The maximum Gasteiger partial charge on any atom is 0.311 e. The normalized spacial score (nSPS) is 17.0. The van der Waals surface area contributed by atoms with Crippen LogP contribution in [0.5, 0.6) is 0 Å². The van der Waals surface area contributed by atoms with Gasteiger partial charge in [0.2, 0.25) is 0 Å². The van der Waals surface area contributed by atoms with Crippen molar-refractivity contribution in [1.82, 2.24) is 0 Å². The Hall–Kier alpha value is -1.06. The summed E-state index contributed by atoms with van der Waals surface area (Å²) in [6, 6.07) is 0. The van der Waals surface area contributed by atoms with E-state index in [9.17, 15) is 9.59 Å². The van der Waals surface area contributed by atoms with Gasteiger partial charge in [-0.05, 0) is 39.5 Å². The van der Waals surface area contributed by atoms with Crippen molar-refractivity contribution >= 4 is 11.9 Å². The zero-order chi connectivity index (χ0) is 14.3. The molecule has 0 spiro atoms. The monoisotopic (exact) mass is 269 g/mol. The molecular formula is C15H25O4. The van der Waals surface area contributed by atoms with Gasteiger partial charge in [0.15, 0.2) is 0 Å². The van der Waals surface area contributed by atoms with E-state index < -0.39 is 5.41 Å². The van der Waals surface area contributed by atoms with Gasteiger partial charge in [0.25, 0.3) is 0 Å². The highest BCUT2D eigenvalue weighted by Gasteiger charge is 2.27. The van der Waals surface area contributed by atoms with E-state index in [1.54, 1.807) is 0 Å². The van der Waals surface area contributed by atoms with Gasteiger partial charge in [-0.25, -0.2) is 0 Å². The van der Waals surface area contributed by atoms with E-state index >= 15 is 0 Å². The van der Waals surface area contributed by atoms with Crippen LogP contribution in [0, 0.1) is 17.8 Å². The lowest BCUT2D eigenvalue weighted by Gasteiger charge is -2.21. The van der Waals surface area contributed by atoms with Crippen molar-refractivity contribution in [2.75, 3.05) is 13.2 Å². The van der Waals surface area contributed by atoms with Gasteiger partial charge in [-0.15, -0.1) is 0 Å². The van der Waals surface area contributed by atoms with E-state index in [4.69, 9.17) is 9.47 Å². The van der Waals surface area contributed by atoms with Crippen molar-refractivity contribution in [2.24, 2.45) is 11.3 Å². The smallest absolute Gasteiger partial charge is 0.311 e. The van der Waals surface area contributed by atoms with Crippen molar-refractivity contribution in [2.45, 2.75) is 52.9 Å². The van der Waals surface area contributed by atoms with Gasteiger partial charge < -0.3 is 9.47 Å². The second kappa shape index (κ2) is 7.51. The van der Waals surface area contributed by atoms with Crippen LogP contribution in [0.1, 0.15) is 52.9 Å².